The molecule has 0 bridgehead atoms. The van der Waals surface area contributed by atoms with E-state index >= 15 is 0 Å². The van der Waals surface area contributed by atoms with Crippen LogP contribution < -0.4 is 11.0 Å². The Labute approximate surface area is 145 Å². The van der Waals surface area contributed by atoms with Crippen LogP contribution in [0.3, 0.4) is 0 Å². The lowest BCUT2D eigenvalue weighted by Gasteiger charge is -2.08. The fourth-order valence-corrected chi connectivity index (χ4v) is 3.00. The molecule has 0 aliphatic carbocycles. The molecule has 3 rings (SSSR count). The van der Waals surface area contributed by atoms with Crippen molar-refractivity contribution >= 4 is 32.9 Å². The maximum absolute atomic E-state index is 13.7. The van der Waals surface area contributed by atoms with Crippen LogP contribution in [-0.2, 0) is 24.9 Å². The van der Waals surface area contributed by atoms with Gasteiger partial charge in [0.15, 0.2) is 0 Å². The van der Waals surface area contributed by atoms with Crippen molar-refractivity contribution in [3.63, 3.8) is 0 Å². The molecule has 0 saturated carbocycles. The zero-order valence-corrected chi connectivity index (χ0v) is 14.5. The summed E-state index contributed by atoms with van der Waals surface area (Å²) in [6, 6.07) is 11.8. The number of nitrogens with zero attached hydrogens (tertiary/aromatic N) is 2. The highest BCUT2D eigenvalue weighted by molar-refractivity contribution is 9.10. The Morgan fingerprint density at radius 1 is 1.21 bits per heavy atom. The molecule has 1 N–H and O–H groups in total. The average Bonchev–Trinajstić information content (AvgIpc) is 2.81. The first-order valence-electron chi connectivity index (χ1n) is 7.32. The second-order valence-electron chi connectivity index (χ2n) is 5.43. The number of hydrogen-bond acceptors (Lipinski definition) is 2. The molecule has 0 fully saturated rings. The van der Waals surface area contributed by atoms with E-state index in [2.05, 4.69) is 21.2 Å². The van der Waals surface area contributed by atoms with Crippen molar-refractivity contribution in [2.24, 2.45) is 7.05 Å². The molecule has 5 nitrogen and oxygen atoms in total. The number of carbonyl (C=O) groups excluding carboxylic acids is 1. The number of aromatic nitrogens is 2. The van der Waals surface area contributed by atoms with E-state index in [0.29, 0.717) is 11.1 Å². The SMILES string of the molecule is Cn1c(=O)n(CC(=O)NCc2cc(Br)ccc2F)c2ccccc21. The number of amides is 1. The highest BCUT2D eigenvalue weighted by Crippen LogP contribution is 2.15. The zero-order valence-electron chi connectivity index (χ0n) is 12.9. The van der Waals surface area contributed by atoms with E-state index < -0.39 is 0 Å². The Hall–Kier alpha value is -2.41. The number of benzene rings is 2. The maximum atomic E-state index is 13.7. The Kier molecular flexibility index (Phi) is 4.53. The first-order chi connectivity index (χ1) is 11.5. The van der Waals surface area contributed by atoms with Crippen molar-refractivity contribution < 1.29 is 9.18 Å². The molecular weight excluding hydrogens is 377 g/mol. The van der Waals surface area contributed by atoms with Crippen LogP contribution in [0, 0.1) is 5.82 Å². The Balaban J connectivity index is 1.77. The molecule has 0 aliphatic rings. The third-order valence-electron chi connectivity index (χ3n) is 3.84. The molecule has 0 radical (unpaired) electrons. The normalized spacial score (nSPS) is 11.0. The van der Waals surface area contributed by atoms with Gasteiger partial charge in [-0.3, -0.25) is 13.9 Å². The minimum atomic E-state index is -0.388. The third kappa shape index (κ3) is 3.12. The molecule has 0 saturated heterocycles. The fourth-order valence-electron chi connectivity index (χ4n) is 2.59. The summed E-state index contributed by atoms with van der Waals surface area (Å²) in [6.45, 7) is -0.0561. The Morgan fingerprint density at radius 2 is 1.92 bits per heavy atom. The number of nitrogens with one attached hydrogen (secondary N) is 1. The number of hydrogen-bond donors (Lipinski definition) is 1. The summed E-state index contributed by atoms with van der Waals surface area (Å²) in [4.78, 5) is 24.4. The minimum Gasteiger partial charge on any atom is -0.350 e. The van der Waals surface area contributed by atoms with Gasteiger partial charge in [-0.1, -0.05) is 28.1 Å². The van der Waals surface area contributed by atoms with E-state index in [1.807, 2.05) is 18.2 Å². The molecule has 1 heterocycles. The number of para-hydroxylation sites is 2. The van der Waals surface area contributed by atoms with Gasteiger partial charge < -0.3 is 5.32 Å². The lowest BCUT2D eigenvalue weighted by atomic mass is 10.2. The number of aryl methyl sites for hydroxylation is 1. The van der Waals surface area contributed by atoms with Gasteiger partial charge in [0.25, 0.3) is 0 Å². The molecule has 24 heavy (non-hydrogen) atoms. The summed E-state index contributed by atoms with van der Waals surface area (Å²) in [5.74, 6) is -0.742. The summed E-state index contributed by atoms with van der Waals surface area (Å²) in [5, 5.41) is 2.65. The lowest BCUT2D eigenvalue weighted by Crippen LogP contribution is -2.32. The molecule has 0 spiro atoms. The van der Waals surface area contributed by atoms with E-state index in [-0.39, 0.29) is 30.5 Å². The fraction of sp³-hybridized carbons (Fsp3) is 0.176. The largest absolute Gasteiger partial charge is 0.350 e. The molecule has 0 unspecified atom stereocenters. The van der Waals surface area contributed by atoms with Crippen LogP contribution in [0.4, 0.5) is 4.39 Å². The molecule has 7 heteroatoms. The van der Waals surface area contributed by atoms with Gasteiger partial charge >= 0.3 is 5.69 Å². The van der Waals surface area contributed by atoms with Gasteiger partial charge in [-0.2, -0.15) is 0 Å². The molecule has 2 aromatic carbocycles. The number of carbonyl (C=O) groups is 1. The van der Waals surface area contributed by atoms with Crippen molar-refractivity contribution in [1.82, 2.24) is 14.5 Å². The molecule has 124 valence electrons. The number of rotatable bonds is 4. The van der Waals surface area contributed by atoms with Crippen LogP contribution in [-0.4, -0.2) is 15.0 Å². The first kappa shape index (κ1) is 16.4. The van der Waals surface area contributed by atoms with Crippen molar-refractivity contribution in [2.75, 3.05) is 0 Å². The van der Waals surface area contributed by atoms with E-state index in [1.54, 1.807) is 25.2 Å². The zero-order chi connectivity index (χ0) is 17.3. The smallest absolute Gasteiger partial charge is 0.329 e. The average molecular weight is 392 g/mol. The van der Waals surface area contributed by atoms with E-state index in [1.165, 1.54) is 15.2 Å². The second-order valence-corrected chi connectivity index (χ2v) is 6.34. The quantitative estimate of drug-likeness (QED) is 0.742. The van der Waals surface area contributed by atoms with Gasteiger partial charge in [-0.05, 0) is 30.3 Å². The van der Waals surface area contributed by atoms with Crippen LogP contribution in [0.1, 0.15) is 5.56 Å². The molecular formula is C17H15BrFN3O2. The van der Waals surface area contributed by atoms with Gasteiger partial charge in [0.1, 0.15) is 12.4 Å². The summed E-state index contributed by atoms with van der Waals surface area (Å²) in [7, 11) is 1.66. The Bertz CT molecular complexity index is 978. The van der Waals surface area contributed by atoms with Gasteiger partial charge in [-0.25, -0.2) is 9.18 Å². The summed E-state index contributed by atoms with van der Waals surface area (Å²) >= 11 is 3.27. The van der Waals surface area contributed by atoms with E-state index in [0.717, 1.165) is 9.99 Å². The van der Waals surface area contributed by atoms with E-state index in [9.17, 15) is 14.0 Å². The standard InChI is InChI=1S/C17H15BrFN3O2/c1-21-14-4-2-3-5-15(14)22(17(21)24)10-16(23)20-9-11-8-12(18)6-7-13(11)19/h2-8H,9-10H2,1H3,(H,20,23). The number of fused-ring (bicyclic) bond motifs is 1. The van der Waals surface area contributed by atoms with Gasteiger partial charge in [0.05, 0.1) is 11.0 Å². The summed E-state index contributed by atoms with van der Waals surface area (Å²) in [6.07, 6.45) is 0. The predicted octanol–water partition coefficient (Wildman–Crippen LogP) is 2.56. The highest BCUT2D eigenvalue weighted by atomic mass is 79.9. The van der Waals surface area contributed by atoms with Crippen LogP contribution in [0.25, 0.3) is 11.0 Å². The van der Waals surface area contributed by atoms with Crippen molar-refractivity contribution in [2.45, 2.75) is 13.1 Å². The monoisotopic (exact) mass is 391 g/mol. The molecule has 1 amide bonds. The van der Waals surface area contributed by atoms with Crippen molar-refractivity contribution in [3.8, 4) is 0 Å². The van der Waals surface area contributed by atoms with Crippen LogP contribution in [0.2, 0.25) is 0 Å². The Morgan fingerprint density at radius 3 is 2.67 bits per heavy atom. The third-order valence-corrected chi connectivity index (χ3v) is 4.33. The van der Waals surface area contributed by atoms with Gasteiger partial charge in [-0.15, -0.1) is 0 Å². The summed E-state index contributed by atoms with van der Waals surface area (Å²) < 4.78 is 17.3. The van der Waals surface area contributed by atoms with Crippen molar-refractivity contribution in [3.05, 3.63) is 68.8 Å². The van der Waals surface area contributed by atoms with Crippen molar-refractivity contribution in [1.29, 1.82) is 0 Å². The van der Waals surface area contributed by atoms with Crippen LogP contribution in [0.5, 0.6) is 0 Å². The first-order valence-corrected chi connectivity index (χ1v) is 8.11. The molecule has 3 aromatic rings. The van der Waals surface area contributed by atoms with E-state index in [4.69, 9.17) is 0 Å². The molecule has 1 aromatic heterocycles. The van der Waals surface area contributed by atoms with Crippen LogP contribution in [0.15, 0.2) is 51.7 Å². The van der Waals surface area contributed by atoms with Crippen LogP contribution >= 0.6 is 15.9 Å². The molecule has 0 aliphatic heterocycles. The van der Waals surface area contributed by atoms with Gasteiger partial charge in [0.2, 0.25) is 5.91 Å². The summed E-state index contributed by atoms with van der Waals surface area (Å²) in [5.41, 5.74) is 1.56. The lowest BCUT2D eigenvalue weighted by molar-refractivity contribution is -0.121. The van der Waals surface area contributed by atoms with Gasteiger partial charge in [0, 0.05) is 23.6 Å². The topological polar surface area (TPSA) is 56.0 Å². The predicted molar refractivity (Wildman–Crippen MR) is 93.1 cm³/mol. The minimum absolute atomic E-state index is 0.0592. The number of halogens is 2. The second kappa shape index (κ2) is 6.60. The highest BCUT2D eigenvalue weighted by Gasteiger charge is 2.13. The molecule has 0 atom stereocenters. The number of imidazole rings is 1. The maximum Gasteiger partial charge on any atom is 0.329 e.